The number of rotatable bonds is 20. The van der Waals surface area contributed by atoms with Crippen molar-refractivity contribution < 1.29 is 42.6 Å². The third-order valence-corrected chi connectivity index (χ3v) is 11.5. The number of nitrogens with zero attached hydrogens (tertiary/aromatic N) is 2. The molecule has 2 saturated heterocycles. The first-order chi connectivity index (χ1) is 25.1. The van der Waals surface area contributed by atoms with Gasteiger partial charge in [0, 0.05) is 59.5 Å². The smallest absolute Gasteiger partial charge is 0.328 e. The van der Waals surface area contributed by atoms with Crippen LogP contribution in [0, 0.1) is 23.7 Å². The minimum atomic E-state index is -1.97. The molecule has 0 spiro atoms. The molecule has 0 bridgehead atoms. The van der Waals surface area contributed by atoms with Gasteiger partial charge < -0.3 is 34.6 Å². The number of alkyl halides is 1. The molecule has 1 aromatic rings. The fourth-order valence-electron chi connectivity index (χ4n) is 7.95. The minimum Gasteiger partial charge on any atom is -0.467 e. The van der Waals surface area contributed by atoms with Gasteiger partial charge in [0.1, 0.15) is 6.04 Å². The molecule has 2 N–H and O–H groups in total. The van der Waals surface area contributed by atoms with Crippen LogP contribution in [0.5, 0.6) is 0 Å². The Kier molecular flexibility index (Phi) is 16.9. The number of hydrogen-bond acceptors (Lipinski definition) is 9. The van der Waals surface area contributed by atoms with Gasteiger partial charge in [-0.3, -0.25) is 19.2 Å². The van der Waals surface area contributed by atoms with Crippen molar-refractivity contribution in [3.63, 3.8) is 0 Å². The molecule has 2 fully saturated rings. The first kappa shape index (κ1) is 44.0. The van der Waals surface area contributed by atoms with Crippen molar-refractivity contribution in [1.82, 2.24) is 20.4 Å². The Bertz CT molecular complexity index is 1370. The lowest BCUT2D eigenvalue weighted by atomic mass is 9.83. The van der Waals surface area contributed by atoms with Crippen LogP contribution in [0.15, 0.2) is 30.3 Å². The molecule has 9 atom stereocenters. The van der Waals surface area contributed by atoms with E-state index in [2.05, 4.69) is 10.6 Å². The summed E-state index contributed by atoms with van der Waals surface area (Å²) in [5.74, 6) is -3.72. The molecule has 3 amide bonds. The van der Waals surface area contributed by atoms with Gasteiger partial charge in [-0.2, -0.15) is 0 Å². The highest BCUT2D eigenvalue weighted by atomic mass is 19.1. The summed E-state index contributed by atoms with van der Waals surface area (Å²) < 4.78 is 32.2. The summed E-state index contributed by atoms with van der Waals surface area (Å²) >= 11 is 0. The van der Waals surface area contributed by atoms with Crippen molar-refractivity contribution in [1.29, 1.82) is 0 Å². The zero-order chi connectivity index (χ0) is 39.5. The maximum atomic E-state index is 15.4. The molecule has 13 heteroatoms. The first-order valence-electron chi connectivity index (χ1n) is 19.1. The zero-order valence-electron chi connectivity index (χ0n) is 33.2. The number of esters is 1. The lowest BCUT2D eigenvalue weighted by Crippen LogP contribution is -2.55. The topological polar surface area (TPSA) is 144 Å². The van der Waals surface area contributed by atoms with E-state index in [-0.39, 0.29) is 55.9 Å². The van der Waals surface area contributed by atoms with Gasteiger partial charge in [-0.1, -0.05) is 71.4 Å². The minimum absolute atomic E-state index is 0.0251. The number of benzene rings is 1. The fraction of sp³-hybridized carbons (Fsp3) is 0.725. The van der Waals surface area contributed by atoms with Gasteiger partial charge >= 0.3 is 5.97 Å². The molecule has 0 aliphatic carbocycles. The van der Waals surface area contributed by atoms with Crippen molar-refractivity contribution in [2.45, 2.75) is 116 Å². The number of likely N-dealkylation sites (N-methyl/N-ethyl adjacent to an activating group) is 1. The van der Waals surface area contributed by atoms with Crippen LogP contribution in [0.3, 0.4) is 0 Å². The van der Waals surface area contributed by atoms with Crippen LogP contribution in [0.2, 0.25) is 0 Å². The van der Waals surface area contributed by atoms with E-state index in [9.17, 15) is 24.0 Å². The molecule has 2 heterocycles. The molecular weight excluding hydrogens is 683 g/mol. The molecule has 1 aromatic carbocycles. The summed E-state index contributed by atoms with van der Waals surface area (Å²) in [6.45, 7) is 10.3. The van der Waals surface area contributed by atoms with E-state index in [0.29, 0.717) is 32.4 Å². The van der Waals surface area contributed by atoms with Crippen LogP contribution in [0.4, 0.5) is 4.39 Å². The summed E-state index contributed by atoms with van der Waals surface area (Å²) in [5.41, 5.74) is -1.11. The quantitative estimate of drug-likeness (QED) is 0.191. The number of methoxy groups -OCH3 is 3. The molecule has 2 aliphatic heterocycles. The van der Waals surface area contributed by atoms with Crippen molar-refractivity contribution >= 4 is 29.5 Å². The Morgan fingerprint density at radius 1 is 1.04 bits per heavy atom. The number of ether oxygens (including phenoxy) is 3. The number of hydrogen-bond donors (Lipinski definition) is 2. The van der Waals surface area contributed by atoms with Crippen LogP contribution in [0.1, 0.15) is 78.7 Å². The lowest BCUT2D eigenvalue weighted by Gasteiger charge is -2.41. The van der Waals surface area contributed by atoms with E-state index < -0.39 is 65.5 Å². The highest BCUT2D eigenvalue weighted by Gasteiger charge is 2.46. The number of carbonyl (C=O) groups is 5. The second kappa shape index (κ2) is 20.3. The van der Waals surface area contributed by atoms with Gasteiger partial charge in [0.25, 0.3) is 0 Å². The summed E-state index contributed by atoms with van der Waals surface area (Å²) in [4.78, 5) is 71.0. The molecule has 3 rings (SSSR count). The van der Waals surface area contributed by atoms with Crippen molar-refractivity contribution in [2.75, 3.05) is 48.0 Å². The number of ketones is 1. The Morgan fingerprint density at radius 2 is 1.72 bits per heavy atom. The van der Waals surface area contributed by atoms with E-state index in [1.807, 2.05) is 58.0 Å². The molecule has 9 unspecified atom stereocenters. The molecule has 0 radical (unpaired) electrons. The van der Waals surface area contributed by atoms with Crippen molar-refractivity contribution in [3.8, 4) is 0 Å². The van der Waals surface area contributed by atoms with Crippen LogP contribution >= 0.6 is 0 Å². The number of nitrogens with one attached hydrogen (secondary N) is 2. The third kappa shape index (κ3) is 11.1. The van der Waals surface area contributed by atoms with Gasteiger partial charge in [0.2, 0.25) is 17.7 Å². The fourth-order valence-corrected chi connectivity index (χ4v) is 7.95. The van der Waals surface area contributed by atoms with Gasteiger partial charge in [-0.15, -0.1) is 0 Å². The van der Waals surface area contributed by atoms with E-state index in [1.165, 1.54) is 21.3 Å². The van der Waals surface area contributed by atoms with E-state index in [0.717, 1.165) is 5.56 Å². The number of halogens is 1. The number of likely N-dealkylation sites (tertiary alicyclic amines) is 1. The molecule has 0 saturated carbocycles. The van der Waals surface area contributed by atoms with E-state index in [1.54, 1.807) is 23.8 Å². The monoisotopic (exact) mass is 746 g/mol. The molecule has 53 heavy (non-hydrogen) atoms. The second-order valence-corrected chi connectivity index (χ2v) is 15.2. The SMILES string of the molecule is CCC(C)C(C(CC(=O)N1CCCC1C(OC)C(C)C(=O)NC(Cc1ccccc1)C(=O)OC)OC)N(C)C(=O)C(CC(=O)C1(F)CCNC1)C(C)C. The van der Waals surface area contributed by atoms with Gasteiger partial charge in [-0.05, 0) is 36.8 Å². The molecule has 12 nitrogen and oxygen atoms in total. The maximum absolute atomic E-state index is 15.4. The third-order valence-electron chi connectivity index (χ3n) is 11.5. The van der Waals surface area contributed by atoms with E-state index >= 15 is 4.39 Å². The summed E-state index contributed by atoms with van der Waals surface area (Å²) in [7, 11) is 5.99. The van der Waals surface area contributed by atoms with Crippen molar-refractivity contribution in [3.05, 3.63) is 35.9 Å². The summed E-state index contributed by atoms with van der Waals surface area (Å²) in [6.07, 6.45) is 0.814. The zero-order valence-corrected chi connectivity index (χ0v) is 33.2. The summed E-state index contributed by atoms with van der Waals surface area (Å²) in [6, 6.07) is 7.52. The average Bonchev–Trinajstić information content (AvgIpc) is 3.83. The largest absolute Gasteiger partial charge is 0.467 e. The average molecular weight is 747 g/mol. The maximum Gasteiger partial charge on any atom is 0.328 e. The highest BCUT2D eigenvalue weighted by Crippen LogP contribution is 2.32. The molecular formula is C40H63FN4O8. The predicted molar refractivity (Wildman–Crippen MR) is 199 cm³/mol. The highest BCUT2D eigenvalue weighted by molar-refractivity contribution is 5.92. The van der Waals surface area contributed by atoms with Gasteiger partial charge in [0.05, 0.1) is 43.7 Å². The Balaban J connectivity index is 1.77. The molecule has 0 aromatic heterocycles. The normalized spacial score (nSPS) is 22.7. The Labute approximate surface area is 315 Å². The van der Waals surface area contributed by atoms with Crippen LogP contribution < -0.4 is 10.6 Å². The van der Waals surface area contributed by atoms with Crippen LogP contribution in [0.25, 0.3) is 0 Å². The van der Waals surface area contributed by atoms with Crippen molar-refractivity contribution in [2.24, 2.45) is 23.7 Å². The number of Topliss-reactive ketones (excluding diaryl/α,β-unsaturated/α-hetero) is 1. The molecule has 298 valence electrons. The first-order valence-corrected chi connectivity index (χ1v) is 19.1. The second-order valence-electron chi connectivity index (χ2n) is 15.2. The standard InChI is InChI=1S/C40H63FN4O8/c1-10-26(4)35(44(6)38(49)29(25(2)3)22-33(46)40(41)18-19-42-24-40)32(51-7)23-34(47)45-20-14-17-31(45)36(52-8)27(5)37(48)43-30(39(50)53-9)21-28-15-12-11-13-16-28/h11-13,15-16,25-27,29-32,35-36,42H,10,14,17-24H2,1-9H3,(H,43,48). The van der Waals surface area contributed by atoms with E-state index in [4.69, 9.17) is 14.2 Å². The predicted octanol–water partition coefficient (Wildman–Crippen LogP) is 3.74. The lowest BCUT2D eigenvalue weighted by molar-refractivity contribution is -0.150. The Hall–Kier alpha value is -3.42. The molecule has 2 aliphatic rings. The number of carbonyl (C=O) groups excluding carboxylic acids is 5. The number of amides is 3. The van der Waals surface area contributed by atoms with Gasteiger partial charge in [-0.25, -0.2) is 9.18 Å². The van der Waals surface area contributed by atoms with Gasteiger partial charge in [0.15, 0.2) is 11.5 Å². The van der Waals surface area contributed by atoms with Crippen LogP contribution in [-0.2, 0) is 44.6 Å². The summed E-state index contributed by atoms with van der Waals surface area (Å²) in [5, 5.41) is 5.75. The van der Waals surface area contributed by atoms with Crippen LogP contribution in [-0.4, -0.2) is 123 Å². The Morgan fingerprint density at radius 3 is 2.26 bits per heavy atom.